The third-order valence-corrected chi connectivity index (χ3v) is 4.12. The molecule has 0 radical (unpaired) electrons. The highest BCUT2D eigenvalue weighted by Crippen LogP contribution is 2.20. The third kappa shape index (κ3) is 4.04. The van der Waals surface area contributed by atoms with E-state index in [4.69, 9.17) is 0 Å². The van der Waals surface area contributed by atoms with E-state index in [0.29, 0.717) is 11.8 Å². The van der Waals surface area contributed by atoms with Crippen molar-refractivity contribution in [2.24, 2.45) is 0 Å². The van der Waals surface area contributed by atoms with Gasteiger partial charge in [-0.05, 0) is 44.9 Å². The molecule has 2 aromatic rings. The highest BCUT2D eigenvalue weighted by Gasteiger charge is 2.12. The van der Waals surface area contributed by atoms with Gasteiger partial charge in [0.05, 0.1) is 6.04 Å². The van der Waals surface area contributed by atoms with Crippen LogP contribution in [0.2, 0.25) is 0 Å². The van der Waals surface area contributed by atoms with Crippen LogP contribution in [0.15, 0.2) is 30.5 Å². The van der Waals surface area contributed by atoms with Crippen molar-refractivity contribution in [3.8, 4) is 5.75 Å². The summed E-state index contributed by atoms with van der Waals surface area (Å²) in [6.45, 7) is 6.39. The molecule has 2 unspecified atom stereocenters. The number of aromatic nitrogens is 1. The van der Waals surface area contributed by atoms with Gasteiger partial charge in [-0.1, -0.05) is 12.1 Å². The summed E-state index contributed by atoms with van der Waals surface area (Å²) in [5, 5.41) is 14.0. The van der Waals surface area contributed by atoms with Crippen LogP contribution in [-0.2, 0) is 6.42 Å². The van der Waals surface area contributed by atoms with Crippen LogP contribution in [0.25, 0.3) is 0 Å². The number of rotatable bonds is 5. The van der Waals surface area contributed by atoms with E-state index in [0.717, 1.165) is 11.4 Å². The van der Waals surface area contributed by atoms with Gasteiger partial charge in [0, 0.05) is 17.1 Å². The predicted molar refractivity (Wildman–Crippen MR) is 79.7 cm³/mol. The lowest BCUT2D eigenvalue weighted by Crippen LogP contribution is -2.30. The molecule has 0 aliphatic carbocycles. The summed E-state index contributed by atoms with van der Waals surface area (Å²) in [4.78, 5) is 5.66. The van der Waals surface area contributed by atoms with Gasteiger partial charge in [-0.3, -0.25) is 0 Å². The van der Waals surface area contributed by atoms with E-state index < -0.39 is 0 Å². The van der Waals surface area contributed by atoms with Crippen molar-refractivity contribution >= 4 is 11.3 Å². The first-order valence-corrected chi connectivity index (χ1v) is 7.32. The molecular formula is C15H20N2OS. The lowest BCUT2D eigenvalue weighted by Gasteiger charge is -2.18. The van der Waals surface area contributed by atoms with Crippen LogP contribution in [0.3, 0.4) is 0 Å². The molecule has 1 aromatic carbocycles. The minimum absolute atomic E-state index is 0.269. The Labute approximate surface area is 118 Å². The Kier molecular flexibility index (Phi) is 4.56. The third-order valence-electron chi connectivity index (χ3n) is 3.02. The Bertz CT molecular complexity index is 521. The summed E-state index contributed by atoms with van der Waals surface area (Å²) < 4.78 is 0. The van der Waals surface area contributed by atoms with Gasteiger partial charge in [-0.25, -0.2) is 4.98 Å². The normalized spacial score (nSPS) is 14.3. The number of phenols is 1. The maximum Gasteiger partial charge on any atom is 0.115 e. The second-order valence-electron chi connectivity index (χ2n) is 4.97. The second kappa shape index (κ2) is 6.17. The minimum Gasteiger partial charge on any atom is -0.508 e. The van der Waals surface area contributed by atoms with Gasteiger partial charge in [-0.2, -0.15) is 0 Å². The summed E-state index contributed by atoms with van der Waals surface area (Å²) in [6, 6.07) is 8.03. The van der Waals surface area contributed by atoms with Crippen LogP contribution in [0, 0.1) is 6.92 Å². The van der Waals surface area contributed by atoms with E-state index in [2.05, 4.69) is 31.1 Å². The van der Waals surface area contributed by atoms with Crippen LogP contribution in [0.1, 0.15) is 35.3 Å². The van der Waals surface area contributed by atoms with Crippen molar-refractivity contribution in [2.45, 2.75) is 39.3 Å². The Morgan fingerprint density at radius 2 is 1.95 bits per heavy atom. The molecule has 0 saturated carbocycles. The zero-order valence-corrected chi connectivity index (χ0v) is 12.4. The molecule has 2 N–H and O–H groups in total. The van der Waals surface area contributed by atoms with E-state index in [1.807, 2.05) is 18.3 Å². The van der Waals surface area contributed by atoms with Gasteiger partial charge in [0.2, 0.25) is 0 Å². The molecule has 0 saturated heterocycles. The molecule has 102 valence electrons. The molecule has 4 heteroatoms. The number of thiazole rings is 1. The molecule has 1 heterocycles. The second-order valence-corrected chi connectivity index (χ2v) is 6.24. The fourth-order valence-electron chi connectivity index (χ4n) is 2.11. The molecule has 0 aliphatic heterocycles. The Morgan fingerprint density at radius 1 is 1.26 bits per heavy atom. The summed E-state index contributed by atoms with van der Waals surface area (Å²) in [5.74, 6) is 0.316. The van der Waals surface area contributed by atoms with Crippen LogP contribution in [0.5, 0.6) is 5.75 Å². The van der Waals surface area contributed by atoms with E-state index in [-0.39, 0.29) is 6.04 Å². The summed E-state index contributed by atoms with van der Waals surface area (Å²) in [5.41, 5.74) is 1.22. The van der Waals surface area contributed by atoms with Crippen LogP contribution in [-0.4, -0.2) is 16.1 Å². The van der Waals surface area contributed by atoms with Crippen molar-refractivity contribution in [2.75, 3.05) is 0 Å². The highest BCUT2D eigenvalue weighted by atomic mass is 32.1. The van der Waals surface area contributed by atoms with Crippen LogP contribution in [0.4, 0.5) is 0 Å². The number of hydrogen-bond acceptors (Lipinski definition) is 4. The van der Waals surface area contributed by atoms with Gasteiger partial charge < -0.3 is 10.4 Å². The van der Waals surface area contributed by atoms with Crippen molar-refractivity contribution in [3.63, 3.8) is 0 Å². The molecule has 2 rings (SSSR count). The van der Waals surface area contributed by atoms with E-state index in [9.17, 15) is 5.11 Å². The molecule has 0 spiro atoms. The number of benzene rings is 1. The molecule has 0 bridgehead atoms. The van der Waals surface area contributed by atoms with Gasteiger partial charge in [0.25, 0.3) is 0 Å². The fraction of sp³-hybridized carbons (Fsp3) is 0.400. The average Bonchev–Trinajstić information content (AvgIpc) is 2.79. The van der Waals surface area contributed by atoms with Crippen molar-refractivity contribution in [1.29, 1.82) is 0 Å². The van der Waals surface area contributed by atoms with Crippen LogP contribution >= 0.6 is 11.3 Å². The smallest absolute Gasteiger partial charge is 0.115 e. The number of aromatic hydroxyl groups is 1. The predicted octanol–water partition coefficient (Wildman–Crippen LogP) is 3.44. The van der Waals surface area contributed by atoms with Crippen molar-refractivity contribution in [1.82, 2.24) is 10.3 Å². The first kappa shape index (κ1) is 14.0. The molecule has 0 fully saturated rings. The Balaban J connectivity index is 1.90. The molecule has 0 aliphatic rings. The lowest BCUT2D eigenvalue weighted by atomic mass is 10.1. The number of nitrogens with one attached hydrogen (secondary N) is 1. The SMILES string of the molecule is Cc1cnc(C(C)NC(C)Cc2ccc(O)cc2)s1. The molecule has 19 heavy (non-hydrogen) atoms. The van der Waals surface area contributed by atoms with Gasteiger partial charge in [0.15, 0.2) is 0 Å². The first-order chi connectivity index (χ1) is 9.04. The summed E-state index contributed by atoms with van der Waals surface area (Å²) in [7, 11) is 0. The van der Waals surface area contributed by atoms with E-state index >= 15 is 0 Å². The summed E-state index contributed by atoms with van der Waals surface area (Å²) in [6.07, 6.45) is 2.86. The lowest BCUT2D eigenvalue weighted by molar-refractivity contribution is 0.470. The summed E-state index contributed by atoms with van der Waals surface area (Å²) >= 11 is 1.74. The molecule has 1 aromatic heterocycles. The number of aryl methyl sites for hydroxylation is 1. The maximum atomic E-state index is 9.26. The minimum atomic E-state index is 0.269. The standard InChI is InChI=1S/C15H20N2OS/c1-10(8-13-4-6-14(18)7-5-13)17-12(3)15-16-9-11(2)19-15/h4-7,9-10,12,17-18H,8H2,1-3H3. The number of hydrogen-bond donors (Lipinski definition) is 2. The molecular weight excluding hydrogens is 256 g/mol. The van der Waals surface area contributed by atoms with E-state index in [1.54, 1.807) is 23.5 Å². The van der Waals surface area contributed by atoms with Gasteiger partial charge >= 0.3 is 0 Å². The highest BCUT2D eigenvalue weighted by molar-refractivity contribution is 7.11. The maximum absolute atomic E-state index is 9.26. The van der Waals surface area contributed by atoms with E-state index in [1.165, 1.54) is 10.4 Å². The quantitative estimate of drug-likeness (QED) is 0.879. The number of phenolic OH excluding ortho intramolecular Hbond substituents is 1. The first-order valence-electron chi connectivity index (χ1n) is 6.51. The largest absolute Gasteiger partial charge is 0.508 e. The number of nitrogens with zero attached hydrogens (tertiary/aromatic N) is 1. The topological polar surface area (TPSA) is 45.2 Å². The molecule has 2 atom stereocenters. The molecule has 0 amide bonds. The van der Waals surface area contributed by atoms with Crippen LogP contribution < -0.4 is 5.32 Å². The average molecular weight is 276 g/mol. The van der Waals surface area contributed by atoms with Gasteiger partial charge in [-0.15, -0.1) is 11.3 Å². The Morgan fingerprint density at radius 3 is 2.53 bits per heavy atom. The zero-order valence-electron chi connectivity index (χ0n) is 11.6. The molecule has 3 nitrogen and oxygen atoms in total. The van der Waals surface area contributed by atoms with Gasteiger partial charge in [0.1, 0.15) is 10.8 Å². The fourth-order valence-corrected chi connectivity index (χ4v) is 2.90. The zero-order chi connectivity index (χ0) is 13.8. The van der Waals surface area contributed by atoms with Crippen molar-refractivity contribution < 1.29 is 5.11 Å². The Hall–Kier alpha value is -1.39. The van der Waals surface area contributed by atoms with Crippen molar-refractivity contribution in [3.05, 3.63) is 45.9 Å². The monoisotopic (exact) mass is 276 g/mol.